The highest BCUT2D eigenvalue weighted by Gasteiger charge is 2.11. The standard InChI is InChI=1S/C15H12Br2N2O2S/c1-9-2-4-10(5-3-9)14(20)18-15(21)19-22-13-8-11(16)6-7-12(13)17/h2-8H,1H3,(H2,18,19,20,21). The minimum atomic E-state index is -0.567. The van der Waals surface area contributed by atoms with Crippen molar-refractivity contribution in [2.24, 2.45) is 0 Å². The fraction of sp³-hybridized carbons (Fsp3) is 0.0667. The van der Waals surface area contributed by atoms with E-state index in [4.69, 9.17) is 0 Å². The van der Waals surface area contributed by atoms with Crippen LogP contribution in [0.15, 0.2) is 56.3 Å². The zero-order valence-corrected chi connectivity index (χ0v) is 15.5. The maximum atomic E-state index is 11.9. The maximum Gasteiger partial charge on any atom is 0.331 e. The van der Waals surface area contributed by atoms with E-state index in [-0.39, 0.29) is 0 Å². The molecule has 0 heterocycles. The molecule has 0 unspecified atom stereocenters. The van der Waals surface area contributed by atoms with Gasteiger partial charge in [-0.1, -0.05) is 33.6 Å². The molecule has 0 radical (unpaired) electrons. The molecule has 22 heavy (non-hydrogen) atoms. The van der Waals surface area contributed by atoms with Crippen LogP contribution in [0.2, 0.25) is 0 Å². The predicted octanol–water partition coefficient (Wildman–Crippen LogP) is 4.67. The summed E-state index contributed by atoms with van der Waals surface area (Å²) in [6.07, 6.45) is 0. The van der Waals surface area contributed by atoms with E-state index in [0.29, 0.717) is 5.56 Å². The molecule has 0 aliphatic heterocycles. The lowest BCUT2D eigenvalue weighted by atomic mass is 10.1. The van der Waals surface area contributed by atoms with Gasteiger partial charge in [0.1, 0.15) is 0 Å². The highest BCUT2D eigenvalue weighted by Crippen LogP contribution is 2.28. The topological polar surface area (TPSA) is 58.2 Å². The van der Waals surface area contributed by atoms with Gasteiger partial charge in [0, 0.05) is 19.4 Å². The summed E-state index contributed by atoms with van der Waals surface area (Å²) in [4.78, 5) is 24.5. The fourth-order valence-corrected chi connectivity index (χ4v) is 3.17. The average Bonchev–Trinajstić information content (AvgIpc) is 2.49. The molecule has 0 bridgehead atoms. The Morgan fingerprint density at radius 1 is 1.05 bits per heavy atom. The number of nitrogens with one attached hydrogen (secondary N) is 2. The molecule has 7 heteroatoms. The molecule has 2 aromatic rings. The molecule has 0 saturated carbocycles. The van der Waals surface area contributed by atoms with Crippen molar-refractivity contribution in [3.8, 4) is 0 Å². The van der Waals surface area contributed by atoms with Crippen LogP contribution >= 0.6 is 43.8 Å². The molecule has 0 fully saturated rings. The van der Waals surface area contributed by atoms with Crippen molar-refractivity contribution in [3.05, 3.63) is 62.5 Å². The first kappa shape index (κ1) is 17.1. The first-order valence-electron chi connectivity index (χ1n) is 6.25. The van der Waals surface area contributed by atoms with Crippen LogP contribution in [0.25, 0.3) is 0 Å². The molecule has 2 N–H and O–H groups in total. The smallest absolute Gasteiger partial charge is 0.277 e. The Hall–Kier alpha value is -1.31. The number of carbonyl (C=O) groups excluding carboxylic acids is 2. The molecular formula is C15H12Br2N2O2S. The lowest BCUT2D eigenvalue weighted by Crippen LogP contribution is -2.36. The summed E-state index contributed by atoms with van der Waals surface area (Å²) in [5.74, 6) is -0.439. The number of hydrogen-bond donors (Lipinski definition) is 2. The molecule has 0 aliphatic carbocycles. The Morgan fingerprint density at radius 2 is 1.73 bits per heavy atom. The Bertz CT molecular complexity index is 705. The highest BCUT2D eigenvalue weighted by molar-refractivity contribution is 9.11. The normalized spacial score (nSPS) is 10.1. The number of hydrogen-bond acceptors (Lipinski definition) is 3. The second-order valence-corrected chi connectivity index (χ2v) is 7.05. The molecular weight excluding hydrogens is 432 g/mol. The SMILES string of the molecule is Cc1ccc(C(=O)NC(=O)NSc2cc(Br)ccc2Br)cc1. The number of rotatable bonds is 3. The second-order valence-electron chi connectivity index (χ2n) is 4.43. The van der Waals surface area contributed by atoms with E-state index in [2.05, 4.69) is 41.9 Å². The molecule has 3 amide bonds. The summed E-state index contributed by atoms with van der Waals surface area (Å²) in [5, 5.41) is 2.28. The molecule has 0 atom stereocenters. The molecule has 0 aromatic heterocycles. The number of aryl methyl sites for hydroxylation is 1. The van der Waals surface area contributed by atoms with E-state index in [1.807, 2.05) is 37.3 Å². The van der Waals surface area contributed by atoms with Crippen LogP contribution in [0, 0.1) is 6.92 Å². The zero-order valence-electron chi connectivity index (χ0n) is 11.5. The van der Waals surface area contributed by atoms with Gasteiger partial charge in [0.05, 0.1) is 0 Å². The van der Waals surface area contributed by atoms with Crippen LogP contribution < -0.4 is 10.0 Å². The monoisotopic (exact) mass is 442 g/mol. The van der Waals surface area contributed by atoms with Crippen LogP contribution in [0.4, 0.5) is 4.79 Å². The van der Waals surface area contributed by atoms with Crippen LogP contribution in [-0.2, 0) is 0 Å². The van der Waals surface area contributed by atoms with Crippen LogP contribution in [0.5, 0.6) is 0 Å². The van der Waals surface area contributed by atoms with E-state index in [1.165, 1.54) is 0 Å². The molecule has 4 nitrogen and oxygen atoms in total. The van der Waals surface area contributed by atoms with Crippen molar-refractivity contribution < 1.29 is 9.59 Å². The van der Waals surface area contributed by atoms with Gasteiger partial charge in [-0.2, -0.15) is 0 Å². The number of amides is 3. The number of halogens is 2. The zero-order chi connectivity index (χ0) is 16.1. The summed E-state index contributed by atoms with van der Waals surface area (Å²) in [6, 6.07) is 12.0. The van der Waals surface area contributed by atoms with Gasteiger partial charge in [-0.15, -0.1) is 0 Å². The molecule has 114 valence electrons. The molecule has 0 saturated heterocycles. The van der Waals surface area contributed by atoms with Crippen molar-refractivity contribution in [1.29, 1.82) is 0 Å². The van der Waals surface area contributed by atoms with Crippen molar-refractivity contribution in [2.45, 2.75) is 11.8 Å². The van der Waals surface area contributed by atoms with Gasteiger partial charge in [-0.3, -0.25) is 14.8 Å². The molecule has 0 spiro atoms. The van der Waals surface area contributed by atoms with Gasteiger partial charge in [0.15, 0.2) is 0 Å². The minimum absolute atomic E-state index is 0.439. The summed E-state index contributed by atoms with van der Waals surface area (Å²) in [7, 11) is 0. The molecule has 0 aliphatic rings. The van der Waals surface area contributed by atoms with Crippen molar-refractivity contribution >= 4 is 55.7 Å². The first-order valence-corrected chi connectivity index (χ1v) is 8.66. The third-order valence-corrected chi connectivity index (χ3v) is 4.98. The molecule has 2 rings (SSSR count). The van der Waals surface area contributed by atoms with Crippen LogP contribution in [-0.4, -0.2) is 11.9 Å². The van der Waals surface area contributed by atoms with Gasteiger partial charge in [0.25, 0.3) is 5.91 Å². The summed E-state index contributed by atoms with van der Waals surface area (Å²) < 4.78 is 4.33. The Kier molecular flexibility index (Phi) is 6.05. The largest absolute Gasteiger partial charge is 0.331 e. The first-order chi connectivity index (χ1) is 10.5. The number of benzene rings is 2. The van der Waals surface area contributed by atoms with Crippen molar-refractivity contribution in [2.75, 3.05) is 0 Å². The predicted molar refractivity (Wildman–Crippen MR) is 94.9 cm³/mol. The van der Waals surface area contributed by atoms with E-state index in [9.17, 15) is 9.59 Å². The van der Waals surface area contributed by atoms with Gasteiger partial charge in [0.2, 0.25) is 0 Å². The van der Waals surface area contributed by atoms with Gasteiger partial charge in [-0.25, -0.2) is 4.79 Å². The van der Waals surface area contributed by atoms with Crippen LogP contribution in [0.1, 0.15) is 15.9 Å². The van der Waals surface area contributed by atoms with Crippen LogP contribution in [0.3, 0.4) is 0 Å². The third kappa shape index (κ3) is 4.86. The van der Waals surface area contributed by atoms with Crippen molar-refractivity contribution in [3.63, 3.8) is 0 Å². The average molecular weight is 444 g/mol. The van der Waals surface area contributed by atoms with Gasteiger partial charge < -0.3 is 0 Å². The quantitative estimate of drug-likeness (QED) is 0.677. The highest BCUT2D eigenvalue weighted by atomic mass is 79.9. The second kappa shape index (κ2) is 7.80. The summed E-state index contributed by atoms with van der Waals surface area (Å²) >= 11 is 7.88. The third-order valence-electron chi connectivity index (χ3n) is 2.69. The van der Waals surface area contributed by atoms with Gasteiger partial charge in [-0.05, 0) is 65.1 Å². The number of imide groups is 1. The van der Waals surface area contributed by atoms with E-state index >= 15 is 0 Å². The van der Waals surface area contributed by atoms with Gasteiger partial charge >= 0.3 is 6.03 Å². The number of carbonyl (C=O) groups is 2. The lowest BCUT2D eigenvalue weighted by Gasteiger charge is -2.08. The fourth-order valence-electron chi connectivity index (χ4n) is 1.56. The Balaban J connectivity index is 1.91. The van der Waals surface area contributed by atoms with Crippen molar-refractivity contribution in [1.82, 2.24) is 10.0 Å². The summed E-state index contributed by atoms with van der Waals surface area (Å²) in [6.45, 7) is 1.93. The lowest BCUT2D eigenvalue weighted by molar-refractivity contribution is 0.0965. The van der Waals surface area contributed by atoms with E-state index in [1.54, 1.807) is 12.1 Å². The van der Waals surface area contributed by atoms with E-state index < -0.39 is 11.9 Å². The Morgan fingerprint density at radius 3 is 2.41 bits per heavy atom. The van der Waals surface area contributed by atoms with E-state index in [0.717, 1.165) is 31.4 Å². The Labute approximate surface area is 149 Å². The maximum absolute atomic E-state index is 11.9. The number of urea groups is 1. The summed E-state index contributed by atoms with van der Waals surface area (Å²) in [5.41, 5.74) is 1.49. The minimum Gasteiger partial charge on any atom is -0.277 e. The molecule has 2 aromatic carbocycles.